The number of aromatic hydroxyl groups is 2. The molecular weight excluding hydrogens is 588 g/mol. The fraction of sp³-hybridized carbons (Fsp3) is 0.0541. The summed E-state index contributed by atoms with van der Waals surface area (Å²) in [5.41, 5.74) is 3.25. The van der Waals surface area contributed by atoms with Gasteiger partial charge in [0.2, 0.25) is 0 Å². The van der Waals surface area contributed by atoms with Crippen LogP contribution in [0, 0.1) is 0 Å². The highest BCUT2D eigenvalue weighted by atomic mass is 16.7. The van der Waals surface area contributed by atoms with Gasteiger partial charge in [-0.1, -0.05) is 60.7 Å². The molecule has 4 aliphatic heterocycles. The number of hydrogen-bond donors (Lipinski definition) is 2. The number of hydrogen-bond acceptors (Lipinski definition) is 9. The van der Waals surface area contributed by atoms with E-state index in [1.165, 1.54) is 30.5 Å². The maximum Gasteiger partial charge on any atom is 0.347 e. The molecule has 0 fully saturated rings. The summed E-state index contributed by atoms with van der Waals surface area (Å²) in [4.78, 5) is 37.2. The van der Waals surface area contributed by atoms with Gasteiger partial charge in [-0.3, -0.25) is 4.79 Å². The van der Waals surface area contributed by atoms with E-state index < -0.39 is 23.3 Å². The van der Waals surface area contributed by atoms with Gasteiger partial charge >= 0.3 is 17.7 Å². The van der Waals surface area contributed by atoms with Crippen molar-refractivity contribution in [1.82, 2.24) is 0 Å². The van der Waals surface area contributed by atoms with Crippen molar-refractivity contribution in [2.45, 2.75) is 11.4 Å². The highest BCUT2D eigenvalue weighted by molar-refractivity contribution is 6.27. The lowest BCUT2D eigenvalue weighted by Crippen LogP contribution is -2.34. The molecule has 0 bridgehead atoms. The lowest BCUT2D eigenvalue weighted by atomic mass is 9.77. The average Bonchev–Trinajstić information content (AvgIpc) is 3.67. The van der Waals surface area contributed by atoms with E-state index in [0.29, 0.717) is 50.5 Å². The fourth-order valence-corrected chi connectivity index (χ4v) is 6.34. The molecule has 224 valence electrons. The Morgan fingerprint density at radius 3 is 1.74 bits per heavy atom. The normalized spacial score (nSPS) is 19.0. The van der Waals surface area contributed by atoms with Gasteiger partial charge < -0.3 is 29.2 Å². The van der Waals surface area contributed by atoms with Crippen LogP contribution in [0.1, 0.15) is 48.5 Å². The molecule has 9 rings (SSSR count). The van der Waals surface area contributed by atoms with Crippen molar-refractivity contribution in [3.8, 4) is 23.0 Å². The Morgan fingerprint density at radius 2 is 1.09 bits per heavy atom. The molecule has 0 saturated carbocycles. The van der Waals surface area contributed by atoms with E-state index in [1.807, 2.05) is 42.5 Å². The van der Waals surface area contributed by atoms with Gasteiger partial charge in [0, 0.05) is 28.8 Å². The SMILES string of the molecule is O=C1OC2(OC=C(c3ccccc3)C2=O)c2ccccc21.O=C1OC2(c3ccc(O)cc3Oc3cc(O)ccc32)c2ccccc21. The number of ether oxygens (including phenoxy) is 4. The number of benzene rings is 5. The van der Waals surface area contributed by atoms with Gasteiger partial charge in [-0.25, -0.2) is 9.59 Å². The molecule has 0 saturated heterocycles. The third-order valence-electron chi connectivity index (χ3n) is 8.39. The predicted octanol–water partition coefficient (Wildman–Crippen LogP) is 6.32. The molecular formula is C37H22O9. The van der Waals surface area contributed by atoms with Gasteiger partial charge in [-0.15, -0.1) is 0 Å². The first kappa shape index (κ1) is 27.2. The van der Waals surface area contributed by atoms with Gasteiger partial charge in [0.1, 0.15) is 29.3 Å². The van der Waals surface area contributed by atoms with Crippen LogP contribution in [0.4, 0.5) is 0 Å². The van der Waals surface area contributed by atoms with Crippen LogP contribution in [-0.2, 0) is 30.4 Å². The lowest BCUT2D eigenvalue weighted by Gasteiger charge is -2.36. The maximum absolute atomic E-state index is 12.8. The molecule has 5 aromatic carbocycles. The Morgan fingerprint density at radius 1 is 0.543 bits per heavy atom. The van der Waals surface area contributed by atoms with Crippen molar-refractivity contribution >= 4 is 23.3 Å². The number of carbonyl (C=O) groups excluding carboxylic acids is 3. The van der Waals surface area contributed by atoms with E-state index >= 15 is 0 Å². The Bertz CT molecular complexity index is 2100. The zero-order chi connectivity index (χ0) is 31.6. The maximum atomic E-state index is 12.8. The molecule has 2 N–H and O–H groups in total. The predicted molar refractivity (Wildman–Crippen MR) is 162 cm³/mol. The second-order valence-electron chi connectivity index (χ2n) is 11.0. The van der Waals surface area contributed by atoms with Crippen LogP contribution in [0.3, 0.4) is 0 Å². The Hall–Kier alpha value is -6.35. The number of ketones is 1. The summed E-state index contributed by atoms with van der Waals surface area (Å²) in [5, 5.41) is 19.7. The molecule has 1 unspecified atom stereocenters. The Kier molecular flexibility index (Phi) is 5.82. The lowest BCUT2D eigenvalue weighted by molar-refractivity contribution is -0.173. The minimum atomic E-state index is -1.65. The van der Waals surface area contributed by atoms with Gasteiger partial charge in [-0.05, 0) is 48.0 Å². The largest absolute Gasteiger partial charge is 0.508 e. The van der Waals surface area contributed by atoms with E-state index in [-0.39, 0.29) is 17.3 Å². The molecule has 9 heteroatoms. The molecule has 2 spiro atoms. The topological polar surface area (TPSA) is 129 Å². The van der Waals surface area contributed by atoms with Crippen LogP contribution < -0.4 is 4.74 Å². The van der Waals surface area contributed by atoms with E-state index in [1.54, 1.807) is 48.5 Å². The zero-order valence-electron chi connectivity index (χ0n) is 23.8. The molecule has 0 aromatic heterocycles. The zero-order valence-corrected chi connectivity index (χ0v) is 23.8. The number of esters is 2. The van der Waals surface area contributed by atoms with Crippen molar-refractivity contribution in [2.24, 2.45) is 0 Å². The minimum Gasteiger partial charge on any atom is -0.508 e. The van der Waals surface area contributed by atoms with E-state index in [9.17, 15) is 24.6 Å². The van der Waals surface area contributed by atoms with Crippen LogP contribution in [-0.4, -0.2) is 27.9 Å². The van der Waals surface area contributed by atoms with Crippen molar-refractivity contribution in [3.05, 3.63) is 160 Å². The summed E-state index contributed by atoms with van der Waals surface area (Å²) in [5.74, 6) is -2.14. The van der Waals surface area contributed by atoms with E-state index in [4.69, 9.17) is 18.9 Å². The molecule has 4 heterocycles. The van der Waals surface area contributed by atoms with Crippen molar-refractivity contribution in [2.75, 3.05) is 0 Å². The molecule has 1 atom stereocenters. The molecule has 9 nitrogen and oxygen atoms in total. The molecule has 0 aliphatic carbocycles. The van der Waals surface area contributed by atoms with Gasteiger partial charge in [0.05, 0.1) is 22.3 Å². The summed E-state index contributed by atoms with van der Waals surface area (Å²) in [6.07, 6.45) is 1.37. The number of rotatable bonds is 1. The monoisotopic (exact) mass is 610 g/mol. The quantitative estimate of drug-likeness (QED) is 0.210. The first-order valence-corrected chi connectivity index (χ1v) is 14.3. The van der Waals surface area contributed by atoms with Crippen molar-refractivity contribution in [3.63, 3.8) is 0 Å². The molecule has 5 aromatic rings. The second-order valence-corrected chi connectivity index (χ2v) is 11.0. The van der Waals surface area contributed by atoms with Gasteiger partial charge in [0.25, 0.3) is 5.78 Å². The smallest absolute Gasteiger partial charge is 0.347 e. The number of phenolic OH excluding ortho intramolecular Hbond substituents is 2. The summed E-state index contributed by atoms with van der Waals surface area (Å²) >= 11 is 0. The first-order valence-electron chi connectivity index (χ1n) is 14.3. The highest BCUT2D eigenvalue weighted by Crippen LogP contribution is 2.57. The van der Waals surface area contributed by atoms with Gasteiger partial charge in [-0.2, -0.15) is 0 Å². The standard InChI is InChI=1S/C20H12O5.C17H10O4/c21-11-5-7-15-17(9-11)24-18-10-12(22)6-8-16(18)20(15)14-4-2-1-3-13(14)19(23)25-20;18-15-13(11-6-2-1-3-7-11)10-20-17(15)14-9-5-4-8-12(14)16(19)21-17/h1-10,21-22H;1-10H. The third kappa shape index (κ3) is 3.78. The average molecular weight is 611 g/mol. The van der Waals surface area contributed by atoms with Crippen molar-refractivity contribution in [1.29, 1.82) is 0 Å². The number of phenols is 2. The van der Waals surface area contributed by atoms with Crippen LogP contribution in [0.2, 0.25) is 0 Å². The van der Waals surface area contributed by atoms with E-state index in [0.717, 1.165) is 5.56 Å². The number of Topliss-reactive ketones (excluding diaryl/α,β-unsaturated/α-hetero) is 1. The summed E-state index contributed by atoms with van der Waals surface area (Å²) < 4.78 is 22.6. The third-order valence-corrected chi connectivity index (χ3v) is 8.39. The van der Waals surface area contributed by atoms with Crippen LogP contribution in [0.5, 0.6) is 23.0 Å². The summed E-state index contributed by atoms with van der Waals surface area (Å²) in [6.45, 7) is 0. The molecule has 4 aliphatic rings. The Labute approximate surface area is 261 Å². The summed E-state index contributed by atoms with van der Waals surface area (Å²) in [6, 6.07) is 32.5. The summed E-state index contributed by atoms with van der Waals surface area (Å²) in [7, 11) is 0. The molecule has 0 amide bonds. The highest BCUT2D eigenvalue weighted by Gasteiger charge is 2.58. The van der Waals surface area contributed by atoms with Crippen LogP contribution in [0.25, 0.3) is 5.57 Å². The minimum absolute atomic E-state index is 0.0371. The van der Waals surface area contributed by atoms with Gasteiger partial charge in [0.15, 0.2) is 5.60 Å². The Balaban J connectivity index is 0.000000138. The van der Waals surface area contributed by atoms with E-state index in [2.05, 4.69) is 0 Å². The number of carbonyl (C=O) groups is 3. The number of fused-ring (bicyclic) bond motifs is 8. The second kappa shape index (κ2) is 9.83. The van der Waals surface area contributed by atoms with Crippen LogP contribution >= 0.6 is 0 Å². The van der Waals surface area contributed by atoms with Crippen LogP contribution in [0.15, 0.2) is 122 Å². The first-order chi connectivity index (χ1) is 22.3. The molecule has 0 radical (unpaired) electrons. The van der Waals surface area contributed by atoms with Crippen molar-refractivity contribution < 1.29 is 43.5 Å². The molecule has 46 heavy (non-hydrogen) atoms. The fourth-order valence-electron chi connectivity index (χ4n) is 6.34.